The predicted molar refractivity (Wildman–Crippen MR) is 79.0 cm³/mol. The molecule has 1 aliphatic rings. The van der Waals surface area contributed by atoms with Gasteiger partial charge in [-0.1, -0.05) is 17.3 Å². The van der Waals surface area contributed by atoms with Gasteiger partial charge in [-0.25, -0.2) is 0 Å². The Morgan fingerprint density at radius 2 is 2.15 bits per heavy atom. The highest BCUT2D eigenvalue weighted by Crippen LogP contribution is 2.18. The maximum absolute atomic E-state index is 8.71. The quantitative estimate of drug-likeness (QED) is 0.380. The average molecular weight is 277 g/mol. The Balaban J connectivity index is 2.05. The largest absolute Gasteiger partial charge is 0.409 e. The molecule has 1 aromatic carbocycles. The second-order valence-electron chi connectivity index (χ2n) is 5.39. The second-order valence-corrected chi connectivity index (χ2v) is 5.39. The lowest BCUT2D eigenvalue weighted by Crippen LogP contribution is -2.36. The molecule has 20 heavy (non-hydrogen) atoms. The number of rotatable bonds is 4. The molecule has 1 saturated heterocycles. The van der Waals surface area contributed by atoms with E-state index < -0.39 is 0 Å². The number of oxime groups is 1. The first-order valence-electron chi connectivity index (χ1n) is 6.97. The minimum absolute atomic E-state index is 0.150. The SMILES string of the molecule is Cc1cc(/C(N)=N/O)ccc1CN(C)C1CCOCC1. The van der Waals surface area contributed by atoms with Crippen molar-refractivity contribution in [2.75, 3.05) is 20.3 Å². The van der Waals surface area contributed by atoms with Crippen molar-refractivity contribution in [1.82, 2.24) is 4.90 Å². The first kappa shape index (κ1) is 14.8. The van der Waals surface area contributed by atoms with Crippen LogP contribution in [0.1, 0.15) is 29.5 Å². The molecule has 0 unspecified atom stereocenters. The fraction of sp³-hybridized carbons (Fsp3) is 0.533. The maximum Gasteiger partial charge on any atom is 0.170 e. The van der Waals surface area contributed by atoms with Gasteiger partial charge in [-0.15, -0.1) is 0 Å². The summed E-state index contributed by atoms with van der Waals surface area (Å²) in [4.78, 5) is 2.38. The third-order valence-corrected chi connectivity index (χ3v) is 3.98. The first-order chi connectivity index (χ1) is 9.61. The lowest BCUT2D eigenvalue weighted by Gasteiger charge is -2.31. The monoisotopic (exact) mass is 277 g/mol. The minimum Gasteiger partial charge on any atom is -0.409 e. The van der Waals surface area contributed by atoms with Crippen molar-refractivity contribution in [3.05, 3.63) is 34.9 Å². The summed E-state index contributed by atoms with van der Waals surface area (Å²) in [6, 6.07) is 6.50. The molecule has 0 spiro atoms. The molecule has 0 atom stereocenters. The van der Waals surface area contributed by atoms with Gasteiger partial charge in [0, 0.05) is 31.4 Å². The van der Waals surface area contributed by atoms with Crippen LogP contribution in [-0.4, -0.2) is 42.2 Å². The van der Waals surface area contributed by atoms with Crippen LogP contribution in [0.15, 0.2) is 23.4 Å². The predicted octanol–water partition coefficient (Wildman–Crippen LogP) is 1.70. The Kier molecular flexibility index (Phi) is 4.98. The summed E-state index contributed by atoms with van der Waals surface area (Å²) < 4.78 is 5.40. The van der Waals surface area contributed by atoms with Crippen LogP contribution < -0.4 is 5.73 Å². The Labute approximate surface area is 120 Å². The number of hydrogen-bond donors (Lipinski definition) is 2. The third-order valence-electron chi connectivity index (χ3n) is 3.98. The van der Waals surface area contributed by atoms with Gasteiger partial charge in [0.1, 0.15) is 0 Å². The van der Waals surface area contributed by atoms with E-state index in [1.54, 1.807) is 0 Å². The highest BCUT2D eigenvalue weighted by atomic mass is 16.5. The molecule has 1 fully saturated rings. The van der Waals surface area contributed by atoms with Gasteiger partial charge in [-0.2, -0.15) is 0 Å². The van der Waals surface area contributed by atoms with Gasteiger partial charge in [-0.05, 0) is 44.0 Å². The van der Waals surface area contributed by atoms with Crippen LogP contribution in [-0.2, 0) is 11.3 Å². The highest BCUT2D eigenvalue weighted by molar-refractivity contribution is 5.97. The van der Waals surface area contributed by atoms with Gasteiger partial charge in [0.2, 0.25) is 0 Å². The van der Waals surface area contributed by atoms with Crippen molar-refractivity contribution in [2.24, 2.45) is 10.9 Å². The van der Waals surface area contributed by atoms with Crippen molar-refractivity contribution in [1.29, 1.82) is 0 Å². The zero-order valence-corrected chi connectivity index (χ0v) is 12.2. The molecule has 0 radical (unpaired) electrons. The molecule has 5 heteroatoms. The molecule has 1 heterocycles. The molecule has 0 saturated carbocycles. The third kappa shape index (κ3) is 3.49. The standard InChI is InChI=1S/C15H23N3O2/c1-11-9-12(15(16)17-19)3-4-13(11)10-18(2)14-5-7-20-8-6-14/h3-4,9,14,19H,5-8,10H2,1-2H3,(H2,16,17). The van der Waals surface area contributed by atoms with Gasteiger partial charge in [0.15, 0.2) is 5.84 Å². The fourth-order valence-corrected chi connectivity index (χ4v) is 2.61. The highest BCUT2D eigenvalue weighted by Gasteiger charge is 2.18. The summed E-state index contributed by atoms with van der Waals surface area (Å²) in [7, 11) is 2.16. The van der Waals surface area contributed by atoms with Gasteiger partial charge in [0.05, 0.1) is 0 Å². The molecular weight excluding hydrogens is 254 g/mol. The molecule has 1 aliphatic heterocycles. The minimum atomic E-state index is 0.150. The Morgan fingerprint density at radius 3 is 2.75 bits per heavy atom. The molecule has 0 aromatic heterocycles. The molecule has 0 amide bonds. The smallest absolute Gasteiger partial charge is 0.170 e. The topological polar surface area (TPSA) is 71.1 Å². The van der Waals surface area contributed by atoms with E-state index in [1.165, 1.54) is 5.56 Å². The van der Waals surface area contributed by atoms with Crippen molar-refractivity contribution in [2.45, 2.75) is 32.4 Å². The first-order valence-corrected chi connectivity index (χ1v) is 6.97. The van der Waals surface area contributed by atoms with E-state index in [9.17, 15) is 0 Å². The fourth-order valence-electron chi connectivity index (χ4n) is 2.61. The van der Waals surface area contributed by atoms with Gasteiger partial charge in [-0.3, -0.25) is 4.90 Å². The number of nitrogens with two attached hydrogens (primary N) is 1. The van der Waals surface area contributed by atoms with E-state index in [0.717, 1.165) is 43.7 Å². The zero-order valence-electron chi connectivity index (χ0n) is 12.2. The lowest BCUT2D eigenvalue weighted by molar-refractivity contribution is 0.0406. The van der Waals surface area contributed by atoms with Crippen LogP contribution >= 0.6 is 0 Å². The van der Waals surface area contributed by atoms with Crippen LogP contribution in [0.4, 0.5) is 0 Å². The van der Waals surface area contributed by atoms with Crippen LogP contribution in [0.5, 0.6) is 0 Å². The van der Waals surface area contributed by atoms with Gasteiger partial charge < -0.3 is 15.7 Å². The summed E-state index contributed by atoms with van der Waals surface area (Å²) in [5.41, 5.74) is 8.79. The Hall–Kier alpha value is -1.59. The molecule has 5 nitrogen and oxygen atoms in total. The summed E-state index contributed by atoms with van der Waals surface area (Å²) >= 11 is 0. The van der Waals surface area contributed by atoms with Gasteiger partial charge in [0.25, 0.3) is 0 Å². The summed E-state index contributed by atoms with van der Waals surface area (Å²) in [6.07, 6.45) is 2.19. The van der Waals surface area contributed by atoms with Crippen molar-refractivity contribution in [3.8, 4) is 0 Å². The molecule has 2 rings (SSSR count). The summed E-state index contributed by atoms with van der Waals surface area (Å²) in [5.74, 6) is 0.150. The van der Waals surface area contributed by atoms with E-state index in [1.807, 2.05) is 12.1 Å². The number of benzene rings is 1. The molecule has 110 valence electrons. The van der Waals surface area contributed by atoms with E-state index in [2.05, 4.69) is 30.1 Å². The van der Waals surface area contributed by atoms with Crippen molar-refractivity contribution >= 4 is 5.84 Å². The number of amidine groups is 1. The van der Waals surface area contributed by atoms with E-state index in [4.69, 9.17) is 15.7 Å². The molecule has 1 aromatic rings. The van der Waals surface area contributed by atoms with Crippen LogP contribution in [0, 0.1) is 6.92 Å². The second kappa shape index (κ2) is 6.72. The van der Waals surface area contributed by atoms with Crippen LogP contribution in [0.2, 0.25) is 0 Å². The van der Waals surface area contributed by atoms with E-state index >= 15 is 0 Å². The maximum atomic E-state index is 8.71. The Morgan fingerprint density at radius 1 is 1.45 bits per heavy atom. The van der Waals surface area contributed by atoms with Crippen molar-refractivity contribution in [3.63, 3.8) is 0 Å². The van der Waals surface area contributed by atoms with Crippen LogP contribution in [0.25, 0.3) is 0 Å². The number of nitrogens with zero attached hydrogens (tertiary/aromatic N) is 2. The molecule has 3 N–H and O–H groups in total. The molecular formula is C15H23N3O2. The van der Waals surface area contributed by atoms with E-state index in [0.29, 0.717) is 6.04 Å². The van der Waals surface area contributed by atoms with Crippen molar-refractivity contribution < 1.29 is 9.94 Å². The average Bonchev–Trinajstić information content (AvgIpc) is 2.49. The number of hydrogen-bond acceptors (Lipinski definition) is 4. The molecule has 0 aliphatic carbocycles. The lowest BCUT2D eigenvalue weighted by atomic mass is 10.0. The number of ether oxygens (including phenoxy) is 1. The van der Waals surface area contributed by atoms with E-state index in [-0.39, 0.29) is 5.84 Å². The summed E-state index contributed by atoms with van der Waals surface area (Å²) in [6.45, 7) is 4.68. The number of aryl methyl sites for hydroxylation is 1. The normalized spacial score (nSPS) is 17.6. The Bertz CT molecular complexity index is 482. The van der Waals surface area contributed by atoms with Crippen LogP contribution in [0.3, 0.4) is 0 Å². The summed E-state index contributed by atoms with van der Waals surface area (Å²) in [5, 5.41) is 11.7. The zero-order chi connectivity index (χ0) is 14.5. The van der Waals surface area contributed by atoms with Gasteiger partial charge >= 0.3 is 0 Å². The molecule has 0 bridgehead atoms.